The molecule has 5 nitrogen and oxygen atoms in total. The van der Waals surface area contributed by atoms with E-state index in [1.165, 1.54) is 4.83 Å². The van der Waals surface area contributed by atoms with Crippen LogP contribution < -0.4 is 10.3 Å². The normalized spacial score (nSPS) is 14.5. The Hall–Kier alpha value is -1.96. The fourth-order valence-electron chi connectivity index (χ4n) is 1.49. The summed E-state index contributed by atoms with van der Waals surface area (Å²) in [6, 6.07) is 1.36. The number of amidine groups is 1. The molecular weight excluding hydrogens is 402 g/mol. The van der Waals surface area contributed by atoms with Gasteiger partial charge in [0.05, 0.1) is 4.90 Å². The van der Waals surface area contributed by atoms with E-state index in [2.05, 4.69) is 4.99 Å². The number of nitrogens with one attached hydrogen (secondary N) is 2. The van der Waals surface area contributed by atoms with E-state index in [0.29, 0.717) is 19.1 Å². The van der Waals surface area contributed by atoms with Crippen molar-refractivity contribution in [1.29, 1.82) is 0 Å². The lowest BCUT2D eigenvalue weighted by Gasteiger charge is -2.30. The van der Waals surface area contributed by atoms with Crippen molar-refractivity contribution in [2.24, 2.45) is 4.99 Å². The molecule has 0 bridgehead atoms. The number of nitrogens with zero attached hydrogens (tertiary/aromatic N) is 1. The fourth-order valence-corrected chi connectivity index (χ4v) is 2.40. The van der Waals surface area contributed by atoms with Crippen LogP contribution in [0.25, 0.3) is 0 Å². The molecule has 0 aliphatic rings. The third kappa shape index (κ3) is 4.60. The van der Waals surface area contributed by atoms with Crippen LogP contribution in [0.15, 0.2) is 28.1 Å². The van der Waals surface area contributed by atoms with Crippen LogP contribution >= 0.6 is 0 Å². The number of halogens is 8. The van der Waals surface area contributed by atoms with E-state index in [1.54, 1.807) is 5.43 Å². The Kier molecular flexibility index (Phi) is 5.93. The van der Waals surface area contributed by atoms with Gasteiger partial charge in [-0.15, -0.1) is 4.83 Å². The van der Waals surface area contributed by atoms with Crippen molar-refractivity contribution < 1.29 is 43.5 Å². The van der Waals surface area contributed by atoms with Crippen LogP contribution in [-0.2, 0) is 10.0 Å². The molecule has 1 aromatic carbocycles. The number of rotatable bonds is 4. The number of alkyl halides is 6. The molecule has 0 unspecified atom stereocenters. The molecule has 26 heavy (non-hydrogen) atoms. The highest BCUT2D eigenvalue weighted by atomic mass is 32.2. The molecule has 0 amide bonds. The Labute approximate surface area is 142 Å². The van der Waals surface area contributed by atoms with Gasteiger partial charge in [0.2, 0.25) is 5.54 Å². The molecule has 14 heteroatoms. The lowest BCUT2D eigenvalue weighted by Crippen LogP contribution is -2.54. The van der Waals surface area contributed by atoms with Crippen molar-refractivity contribution in [3.8, 4) is 0 Å². The van der Waals surface area contributed by atoms with E-state index >= 15 is 0 Å². The van der Waals surface area contributed by atoms with Gasteiger partial charge in [0.25, 0.3) is 10.0 Å². The predicted octanol–water partition coefficient (Wildman–Crippen LogP) is 3.05. The van der Waals surface area contributed by atoms with Crippen molar-refractivity contribution in [2.75, 3.05) is 0 Å². The van der Waals surface area contributed by atoms with Crippen LogP contribution in [0.2, 0.25) is 0 Å². The standard InChI is InChI=1S/C12H11F8N3O2S/c1-6(21-10(2,11(15,16)17)12(18,19)20)22-23-26(24,25)7-3-4-8(13)9(14)5-7/h3-5,23H,1-2H3,(H,21,22). The minimum absolute atomic E-state index is 0.234. The van der Waals surface area contributed by atoms with E-state index in [4.69, 9.17) is 0 Å². The first-order chi connectivity index (χ1) is 11.5. The zero-order chi connectivity index (χ0) is 20.6. The van der Waals surface area contributed by atoms with Crippen LogP contribution in [0, 0.1) is 11.6 Å². The molecule has 1 rings (SSSR count). The van der Waals surface area contributed by atoms with Gasteiger partial charge >= 0.3 is 12.4 Å². The Morgan fingerprint density at radius 3 is 1.92 bits per heavy atom. The summed E-state index contributed by atoms with van der Waals surface area (Å²) in [5.74, 6) is -3.96. The van der Waals surface area contributed by atoms with Gasteiger partial charge in [0.15, 0.2) is 11.6 Å². The van der Waals surface area contributed by atoms with Gasteiger partial charge in [-0.25, -0.2) is 22.2 Å². The highest BCUT2D eigenvalue weighted by Crippen LogP contribution is 2.45. The lowest BCUT2D eigenvalue weighted by molar-refractivity contribution is -0.289. The van der Waals surface area contributed by atoms with Crippen molar-refractivity contribution in [1.82, 2.24) is 10.3 Å². The first-order valence-electron chi connectivity index (χ1n) is 6.44. The van der Waals surface area contributed by atoms with Gasteiger partial charge < -0.3 is 0 Å². The van der Waals surface area contributed by atoms with Gasteiger partial charge in [-0.05, 0) is 32.0 Å². The first-order valence-corrected chi connectivity index (χ1v) is 7.92. The van der Waals surface area contributed by atoms with Crippen LogP contribution in [0.3, 0.4) is 0 Å². The molecule has 0 atom stereocenters. The molecule has 0 aliphatic carbocycles. The van der Waals surface area contributed by atoms with E-state index in [1.807, 2.05) is 0 Å². The minimum atomic E-state index is -5.81. The second-order valence-corrected chi connectivity index (χ2v) is 6.75. The molecule has 0 spiro atoms. The quantitative estimate of drug-likeness (QED) is 0.345. The maximum Gasteiger partial charge on any atom is 0.422 e. The molecule has 1 aromatic rings. The summed E-state index contributed by atoms with van der Waals surface area (Å²) in [4.78, 5) is 3.06. The Morgan fingerprint density at radius 2 is 1.50 bits per heavy atom. The molecule has 0 aromatic heterocycles. The SMILES string of the molecule is CC(=NC(C)(C(F)(F)F)C(F)(F)F)NNS(=O)(=O)c1ccc(F)c(F)c1. The van der Waals surface area contributed by atoms with Crippen LogP contribution in [-0.4, -0.2) is 32.1 Å². The van der Waals surface area contributed by atoms with Crippen molar-refractivity contribution in [3.05, 3.63) is 29.8 Å². The topological polar surface area (TPSA) is 70.6 Å². The molecule has 0 fully saturated rings. The Morgan fingerprint density at radius 1 is 1.00 bits per heavy atom. The minimum Gasteiger partial charge on any atom is -0.296 e. The second kappa shape index (κ2) is 6.98. The molecule has 0 heterocycles. The summed E-state index contributed by atoms with van der Waals surface area (Å²) in [6.07, 6.45) is -11.6. The molecule has 148 valence electrons. The summed E-state index contributed by atoms with van der Waals surface area (Å²) in [6.45, 7) is 0.408. The van der Waals surface area contributed by atoms with E-state index < -0.39 is 50.3 Å². The smallest absolute Gasteiger partial charge is 0.296 e. The lowest BCUT2D eigenvalue weighted by atomic mass is 10.0. The number of hydrogen-bond donors (Lipinski definition) is 2. The molecule has 2 N–H and O–H groups in total. The Balaban J connectivity index is 3.07. The Bertz CT molecular complexity index is 788. The van der Waals surface area contributed by atoms with E-state index in [-0.39, 0.29) is 13.0 Å². The number of sulfonamides is 1. The van der Waals surface area contributed by atoms with Crippen LogP contribution in [0.1, 0.15) is 13.8 Å². The number of hydrogen-bond acceptors (Lipinski definition) is 3. The zero-order valence-corrected chi connectivity index (χ0v) is 13.7. The summed E-state index contributed by atoms with van der Waals surface area (Å²) < 4.78 is 126. The predicted molar refractivity (Wildman–Crippen MR) is 73.4 cm³/mol. The summed E-state index contributed by atoms with van der Waals surface area (Å²) in [5.41, 5.74) is -2.94. The van der Waals surface area contributed by atoms with Gasteiger partial charge in [0, 0.05) is 0 Å². The highest BCUT2D eigenvalue weighted by molar-refractivity contribution is 7.89. The van der Waals surface area contributed by atoms with Crippen molar-refractivity contribution >= 4 is 15.9 Å². The maximum absolute atomic E-state index is 13.0. The fraction of sp³-hybridized carbons (Fsp3) is 0.417. The summed E-state index contributed by atoms with van der Waals surface area (Å²) >= 11 is 0. The number of benzene rings is 1. The zero-order valence-electron chi connectivity index (χ0n) is 12.9. The van der Waals surface area contributed by atoms with Gasteiger partial charge in [0.1, 0.15) is 5.84 Å². The van der Waals surface area contributed by atoms with Gasteiger partial charge in [-0.2, -0.15) is 26.3 Å². The van der Waals surface area contributed by atoms with E-state index in [9.17, 15) is 43.5 Å². The van der Waals surface area contributed by atoms with Gasteiger partial charge in [-0.1, -0.05) is 0 Å². The second-order valence-electron chi connectivity index (χ2n) is 5.07. The monoisotopic (exact) mass is 413 g/mol. The maximum atomic E-state index is 13.0. The number of hydrazine groups is 1. The van der Waals surface area contributed by atoms with Crippen molar-refractivity contribution in [3.63, 3.8) is 0 Å². The molecule has 0 saturated carbocycles. The molecule has 0 radical (unpaired) electrons. The van der Waals surface area contributed by atoms with Crippen LogP contribution in [0.4, 0.5) is 35.1 Å². The van der Waals surface area contributed by atoms with Crippen LogP contribution in [0.5, 0.6) is 0 Å². The molecular formula is C12H11F8N3O2S. The first kappa shape index (κ1) is 22.1. The van der Waals surface area contributed by atoms with Gasteiger partial charge in [-0.3, -0.25) is 5.43 Å². The third-order valence-electron chi connectivity index (χ3n) is 3.06. The summed E-state index contributed by atoms with van der Waals surface area (Å²) in [7, 11) is -4.63. The van der Waals surface area contributed by atoms with Crippen molar-refractivity contribution in [2.45, 2.75) is 36.6 Å². The summed E-state index contributed by atoms with van der Waals surface area (Å²) in [5, 5.41) is 0. The molecule has 0 aliphatic heterocycles. The third-order valence-corrected chi connectivity index (χ3v) is 4.31. The highest BCUT2D eigenvalue weighted by Gasteiger charge is 2.68. The number of aliphatic imine (C=N–C) groups is 1. The molecule has 0 saturated heterocycles. The van der Waals surface area contributed by atoms with E-state index in [0.717, 1.165) is 0 Å². The average Bonchev–Trinajstić information content (AvgIpc) is 2.45. The largest absolute Gasteiger partial charge is 0.422 e. The average molecular weight is 413 g/mol.